The van der Waals surface area contributed by atoms with Crippen LogP contribution in [-0.2, 0) is 71.8 Å². The third-order valence-corrected chi connectivity index (χ3v) is 13.5. The van der Waals surface area contributed by atoms with Gasteiger partial charge in [0.2, 0.25) is 59.1 Å². The lowest BCUT2D eigenvalue weighted by Gasteiger charge is -2.27. The summed E-state index contributed by atoms with van der Waals surface area (Å²) >= 11 is 0. The Bertz CT molecular complexity index is 2180. The van der Waals surface area contributed by atoms with E-state index in [0.29, 0.717) is 19.4 Å². The van der Waals surface area contributed by atoms with Crippen LogP contribution < -0.4 is 58.9 Å². The van der Waals surface area contributed by atoms with Gasteiger partial charge in [0, 0.05) is 38.8 Å². The van der Waals surface area contributed by atoms with Gasteiger partial charge in [0.1, 0.15) is 54.9 Å². The van der Waals surface area contributed by atoms with Crippen LogP contribution in [0.1, 0.15) is 141 Å². The Morgan fingerprint density at radius 1 is 0.337 bits per heavy atom. The van der Waals surface area contributed by atoms with Crippen LogP contribution in [0.5, 0.6) is 0 Å². The Morgan fingerprint density at radius 3 is 1.03 bits per heavy atom. The molecule has 89 heavy (non-hydrogen) atoms. The lowest BCUT2D eigenvalue weighted by atomic mass is 10.0. The van der Waals surface area contributed by atoms with E-state index < -0.39 is 178 Å². The molecule has 0 aromatic rings. The zero-order valence-corrected chi connectivity index (χ0v) is 50.7. The van der Waals surface area contributed by atoms with Gasteiger partial charge in [-0.1, -0.05) is 70.6 Å². The Labute approximate surface area is 516 Å². The van der Waals surface area contributed by atoms with Gasteiger partial charge in [0.15, 0.2) is 0 Å². The molecule has 0 heterocycles. The molecule has 0 bridgehead atoms. The molecule has 0 aliphatic heterocycles. The van der Waals surface area contributed by atoms with Crippen molar-refractivity contribution in [2.45, 2.75) is 190 Å². The molecule has 0 aliphatic carbocycles. The molecule has 0 spiro atoms. The van der Waals surface area contributed by atoms with E-state index in [1.165, 1.54) is 39.2 Å². The number of unbranched alkanes of at least 4 members (excludes halogenated alkanes) is 13. The standard InChI is InChI=1S/C55H97N11O23/c1-57-38(29-67)51(83)64-42(33-71)55(87)66-40(31-69)53(85)62-36(20-22-46(76)77)49(81)61-37(21-23-47(78)79)50(82)63-41(32-70)54(86)65-39(30-68)52(84)60-35(48(56)80)17-15-16-24-58-44(73)34-89-28-27-88-26-25-59-43(72)18-13-11-9-7-5-3-2-4-6-8-10-12-14-19-45(74)75/h35-42,57,67-71H,2-34H2,1H3,(H2,56,80)(H,58,73)(H,59,72)(H,60,84)(H,61,81)(H,62,85)(H,63,82)(H,64,83)(H,65,86)(H,66,87)(H,74,75)(H,76,77)(H,78,79)/t35-,36-,37-,38-,39-,40-,41-,42-/m0/s1. The molecule has 0 saturated heterocycles. The summed E-state index contributed by atoms with van der Waals surface area (Å²) in [5.41, 5.74) is 5.48. The van der Waals surface area contributed by atoms with Crippen molar-refractivity contribution < 1.29 is 113 Å². The first-order chi connectivity index (χ1) is 42.5. The minimum Gasteiger partial charge on any atom is -0.481 e. The fraction of sp³-hybridized carbons (Fsp3) is 0.764. The van der Waals surface area contributed by atoms with E-state index in [9.17, 15) is 98.1 Å². The Balaban J connectivity index is 5.01. The van der Waals surface area contributed by atoms with Gasteiger partial charge in [-0.3, -0.25) is 62.3 Å². The van der Waals surface area contributed by atoms with Crippen LogP contribution in [0.3, 0.4) is 0 Å². The number of aliphatic carboxylic acids is 3. The number of hydrogen-bond donors (Lipinski definition) is 19. The number of amides is 10. The van der Waals surface area contributed by atoms with Crippen LogP contribution in [0.25, 0.3) is 0 Å². The van der Waals surface area contributed by atoms with Crippen molar-refractivity contribution in [3.05, 3.63) is 0 Å². The molecule has 0 unspecified atom stereocenters. The maximum atomic E-state index is 13.6. The third-order valence-electron chi connectivity index (χ3n) is 13.5. The highest BCUT2D eigenvalue weighted by Crippen LogP contribution is 2.14. The number of carbonyl (C=O) groups is 13. The average molecular weight is 1280 g/mol. The normalized spacial score (nSPS) is 13.7. The lowest BCUT2D eigenvalue weighted by Crippen LogP contribution is -2.61. The van der Waals surface area contributed by atoms with Crippen LogP contribution in [0.15, 0.2) is 0 Å². The van der Waals surface area contributed by atoms with Crippen molar-refractivity contribution in [2.75, 3.05) is 79.6 Å². The highest BCUT2D eigenvalue weighted by atomic mass is 16.5. The molecule has 0 saturated carbocycles. The zero-order valence-electron chi connectivity index (χ0n) is 50.7. The maximum absolute atomic E-state index is 13.6. The van der Waals surface area contributed by atoms with Crippen molar-refractivity contribution >= 4 is 77.0 Å². The van der Waals surface area contributed by atoms with E-state index in [1.807, 2.05) is 5.32 Å². The number of likely N-dealkylation sites (N-methyl/N-ethyl adjacent to an activating group) is 1. The first-order valence-corrected chi connectivity index (χ1v) is 30.0. The van der Waals surface area contributed by atoms with Crippen LogP contribution in [0.2, 0.25) is 0 Å². The molecular weight excluding hydrogens is 1180 g/mol. The van der Waals surface area contributed by atoms with Crippen molar-refractivity contribution in [3.63, 3.8) is 0 Å². The second-order valence-corrected chi connectivity index (χ2v) is 20.8. The van der Waals surface area contributed by atoms with Crippen molar-refractivity contribution in [1.29, 1.82) is 0 Å². The quantitative estimate of drug-likeness (QED) is 0.0253. The van der Waals surface area contributed by atoms with Gasteiger partial charge in [-0.25, -0.2) is 0 Å². The number of primary amides is 1. The molecule has 0 fully saturated rings. The van der Waals surface area contributed by atoms with Gasteiger partial charge >= 0.3 is 17.9 Å². The van der Waals surface area contributed by atoms with Crippen molar-refractivity contribution in [2.24, 2.45) is 5.73 Å². The number of aliphatic hydroxyl groups excluding tert-OH is 5. The number of hydrogen-bond acceptors (Lipinski definition) is 21. The van der Waals surface area contributed by atoms with E-state index in [-0.39, 0.29) is 58.1 Å². The fourth-order valence-electron chi connectivity index (χ4n) is 8.34. The first-order valence-electron chi connectivity index (χ1n) is 30.0. The molecule has 0 aromatic heterocycles. The summed E-state index contributed by atoms with van der Waals surface area (Å²) < 4.78 is 10.8. The predicted molar refractivity (Wildman–Crippen MR) is 313 cm³/mol. The Kier molecular flexibility index (Phi) is 46.5. The van der Waals surface area contributed by atoms with Gasteiger partial charge in [-0.2, -0.15) is 0 Å². The van der Waals surface area contributed by atoms with Crippen LogP contribution in [0.4, 0.5) is 0 Å². The predicted octanol–water partition coefficient (Wildman–Crippen LogP) is -5.48. The number of nitrogens with two attached hydrogens (primary N) is 1. The van der Waals surface area contributed by atoms with Crippen LogP contribution in [0, 0.1) is 0 Å². The molecule has 0 aliphatic rings. The largest absolute Gasteiger partial charge is 0.481 e. The van der Waals surface area contributed by atoms with Crippen LogP contribution in [-0.4, -0.2) is 246 Å². The summed E-state index contributed by atoms with van der Waals surface area (Å²) in [6.07, 6.45) is 12.1. The van der Waals surface area contributed by atoms with Crippen LogP contribution >= 0.6 is 0 Å². The number of carboxylic acids is 3. The molecule has 34 nitrogen and oxygen atoms in total. The van der Waals surface area contributed by atoms with E-state index in [2.05, 4.69) is 47.9 Å². The number of rotatable bonds is 56. The molecule has 0 aromatic carbocycles. The Hall–Kier alpha value is -7.21. The van der Waals surface area contributed by atoms with Gasteiger partial charge in [-0.05, 0) is 52.0 Å². The van der Waals surface area contributed by atoms with E-state index >= 15 is 0 Å². The summed E-state index contributed by atoms with van der Waals surface area (Å²) in [5, 5.41) is 99.0. The lowest BCUT2D eigenvalue weighted by molar-refractivity contribution is -0.140. The molecule has 20 N–H and O–H groups in total. The number of carboxylic acid groups (broad SMARTS) is 3. The topological polar surface area (TPSA) is 549 Å². The molecule has 0 radical (unpaired) electrons. The summed E-state index contributed by atoms with van der Waals surface area (Å²) in [6, 6.07) is -13.8. The molecule has 8 atom stereocenters. The molecule has 10 amide bonds. The van der Waals surface area contributed by atoms with Gasteiger partial charge < -0.3 is 109 Å². The van der Waals surface area contributed by atoms with E-state index in [1.54, 1.807) is 0 Å². The number of carbonyl (C=O) groups excluding carboxylic acids is 10. The maximum Gasteiger partial charge on any atom is 0.303 e. The highest BCUT2D eigenvalue weighted by Gasteiger charge is 2.34. The molecule has 34 heteroatoms. The first kappa shape index (κ1) is 81.8. The summed E-state index contributed by atoms with van der Waals surface area (Å²) in [7, 11) is 1.31. The van der Waals surface area contributed by atoms with Crippen molar-refractivity contribution in [1.82, 2.24) is 53.2 Å². The number of ether oxygens (including phenoxy) is 2. The summed E-state index contributed by atoms with van der Waals surface area (Å²) in [6.45, 7) is -4.46. The monoisotopic (exact) mass is 1280 g/mol. The molecular formula is C55H97N11O23. The zero-order chi connectivity index (χ0) is 66.9. The van der Waals surface area contributed by atoms with Gasteiger partial charge in [-0.15, -0.1) is 0 Å². The number of nitrogens with one attached hydrogen (secondary N) is 10. The second-order valence-electron chi connectivity index (χ2n) is 20.8. The Morgan fingerprint density at radius 2 is 0.663 bits per heavy atom. The van der Waals surface area contributed by atoms with Gasteiger partial charge in [0.05, 0.1) is 52.9 Å². The minimum atomic E-state index is -1.96. The van der Waals surface area contributed by atoms with E-state index in [0.717, 1.165) is 51.4 Å². The highest BCUT2D eigenvalue weighted by molar-refractivity contribution is 5.98. The van der Waals surface area contributed by atoms with Gasteiger partial charge in [0.25, 0.3) is 0 Å². The fourth-order valence-corrected chi connectivity index (χ4v) is 8.34. The molecule has 510 valence electrons. The number of aliphatic hydroxyl groups is 5. The third kappa shape index (κ3) is 40.1. The summed E-state index contributed by atoms with van der Waals surface area (Å²) in [5.74, 6) is -13.8. The van der Waals surface area contributed by atoms with E-state index in [4.69, 9.17) is 20.3 Å². The summed E-state index contributed by atoms with van der Waals surface area (Å²) in [4.78, 5) is 162. The minimum absolute atomic E-state index is 0.0492. The average Bonchev–Trinajstić information content (AvgIpc) is 2.69. The smallest absolute Gasteiger partial charge is 0.303 e. The van der Waals surface area contributed by atoms with Crippen molar-refractivity contribution in [3.8, 4) is 0 Å². The second kappa shape index (κ2) is 50.6. The SMILES string of the molecule is CN[C@@H](CO)C(=O)N[C@@H](CO)C(=O)N[C@@H](CO)C(=O)N[C@@H](CCC(=O)O)C(=O)N[C@@H](CCC(=O)O)C(=O)N[C@@H](CO)C(=O)N[C@@H](CO)C(=O)N[C@@H](CCCCNC(=O)COCCOCCNC(=O)CCCCCCCCCCCCCCCC(=O)O)C(N)=O. The molecule has 0 rings (SSSR count).